The number of fused-ring (bicyclic) bond motifs is 2. The van der Waals surface area contributed by atoms with E-state index in [4.69, 9.17) is 14.4 Å². The topological polar surface area (TPSA) is 97.0 Å². The van der Waals surface area contributed by atoms with Gasteiger partial charge in [0.2, 0.25) is 5.78 Å². The summed E-state index contributed by atoms with van der Waals surface area (Å²) in [4.78, 5) is 17.3. The normalized spacial score (nSPS) is 18.3. The Kier molecular flexibility index (Phi) is 4.52. The first kappa shape index (κ1) is 17.9. The monoisotopic (exact) mass is 391 g/mol. The molecule has 7 heteroatoms. The van der Waals surface area contributed by atoms with Crippen LogP contribution in [0.15, 0.2) is 46.2 Å². The molecule has 0 atom stereocenters. The summed E-state index contributed by atoms with van der Waals surface area (Å²) < 4.78 is 11.3. The first-order chi connectivity index (χ1) is 14.2. The number of oxime groups is 1. The van der Waals surface area contributed by atoms with Crippen molar-refractivity contribution in [1.29, 1.82) is 0 Å². The zero-order valence-corrected chi connectivity index (χ0v) is 15.9. The Hall–Kier alpha value is -3.19. The number of anilines is 2. The minimum atomic E-state index is -0.0961. The lowest BCUT2D eigenvalue weighted by Gasteiger charge is -2.20. The van der Waals surface area contributed by atoms with Crippen LogP contribution in [0.1, 0.15) is 40.9 Å². The van der Waals surface area contributed by atoms with Crippen LogP contribution in [0.5, 0.6) is 0 Å². The van der Waals surface area contributed by atoms with Crippen molar-refractivity contribution < 1.29 is 19.2 Å². The molecule has 7 nitrogen and oxygen atoms in total. The smallest absolute Gasteiger partial charge is 0.203 e. The molecule has 0 unspecified atom stereocenters. The first-order valence-electron chi connectivity index (χ1n) is 9.84. The first-order valence-corrected chi connectivity index (χ1v) is 9.84. The molecule has 1 aromatic carbocycles. The van der Waals surface area contributed by atoms with E-state index in [1.807, 2.05) is 24.3 Å². The van der Waals surface area contributed by atoms with E-state index in [-0.39, 0.29) is 11.7 Å². The predicted octanol–water partition coefficient (Wildman–Crippen LogP) is 4.31. The number of hydrogen-bond acceptors (Lipinski definition) is 7. The summed E-state index contributed by atoms with van der Waals surface area (Å²) in [6.45, 7) is 1.20. The number of nitrogens with one attached hydrogen (secondary N) is 1. The van der Waals surface area contributed by atoms with Crippen LogP contribution in [0.4, 0.5) is 11.4 Å². The maximum atomic E-state index is 13.2. The average molecular weight is 391 g/mol. The van der Waals surface area contributed by atoms with Gasteiger partial charge in [-0.25, -0.2) is 0 Å². The minimum Gasteiger partial charge on any atom is -0.449 e. The second-order valence-electron chi connectivity index (χ2n) is 7.47. The molecule has 3 aromatic rings. The summed E-state index contributed by atoms with van der Waals surface area (Å²) in [5.74, 6) is 0.252. The summed E-state index contributed by atoms with van der Waals surface area (Å²) in [6.07, 6.45) is 6.29. The molecule has 0 saturated carbocycles. The number of hydrogen-bond donors (Lipinski definition) is 2. The second kappa shape index (κ2) is 7.33. The highest BCUT2D eigenvalue weighted by molar-refractivity contribution is 6.09. The van der Waals surface area contributed by atoms with Gasteiger partial charge in [0.05, 0.1) is 17.6 Å². The van der Waals surface area contributed by atoms with Crippen molar-refractivity contribution >= 4 is 33.8 Å². The van der Waals surface area contributed by atoms with Gasteiger partial charge in [-0.15, -0.1) is 0 Å². The van der Waals surface area contributed by atoms with E-state index in [0.717, 1.165) is 35.0 Å². The predicted molar refractivity (Wildman–Crippen MR) is 108 cm³/mol. The van der Waals surface area contributed by atoms with Crippen molar-refractivity contribution in [3.05, 3.63) is 53.5 Å². The molecule has 1 aliphatic heterocycles. The number of carbonyl (C=O) groups excluding carboxylic acids is 1. The van der Waals surface area contributed by atoms with Crippen molar-refractivity contribution in [2.75, 3.05) is 18.5 Å². The van der Waals surface area contributed by atoms with Crippen LogP contribution in [-0.2, 0) is 11.2 Å². The zero-order chi connectivity index (χ0) is 19.8. The third-order valence-corrected chi connectivity index (χ3v) is 5.75. The van der Waals surface area contributed by atoms with Gasteiger partial charge < -0.3 is 19.7 Å². The van der Waals surface area contributed by atoms with Gasteiger partial charge in [0.1, 0.15) is 0 Å². The van der Waals surface area contributed by atoms with E-state index in [1.54, 1.807) is 12.4 Å². The number of benzene rings is 1. The summed E-state index contributed by atoms with van der Waals surface area (Å²) in [5, 5.41) is 16.7. The molecule has 1 saturated heterocycles. The third kappa shape index (κ3) is 3.17. The molecular formula is C22H21N3O4. The van der Waals surface area contributed by atoms with Crippen molar-refractivity contribution in [2.24, 2.45) is 11.1 Å². The minimum absolute atomic E-state index is 0.00265. The van der Waals surface area contributed by atoms with Gasteiger partial charge in [0.15, 0.2) is 11.3 Å². The summed E-state index contributed by atoms with van der Waals surface area (Å²) in [7, 11) is 0. The van der Waals surface area contributed by atoms with Crippen molar-refractivity contribution in [2.45, 2.75) is 25.7 Å². The Labute approximate surface area is 167 Å². The summed E-state index contributed by atoms with van der Waals surface area (Å²) in [6, 6.07) is 7.77. The van der Waals surface area contributed by atoms with Crippen LogP contribution < -0.4 is 5.32 Å². The van der Waals surface area contributed by atoms with Gasteiger partial charge in [-0.05, 0) is 49.4 Å². The molecule has 1 aliphatic carbocycles. The van der Waals surface area contributed by atoms with Crippen LogP contribution >= 0.6 is 0 Å². The van der Waals surface area contributed by atoms with Crippen molar-refractivity contribution in [3.8, 4) is 0 Å². The van der Waals surface area contributed by atoms with E-state index < -0.39 is 0 Å². The van der Waals surface area contributed by atoms with Crippen LogP contribution in [0.3, 0.4) is 0 Å². The van der Waals surface area contributed by atoms with Gasteiger partial charge in [0.25, 0.3) is 0 Å². The van der Waals surface area contributed by atoms with E-state index in [1.165, 1.54) is 0 Å². The number of ether oxygens (including phenoxy) is 1. The summed E-state index contributed by atoms with van der Waals surface area (Å²) in [5.41, 5.74) is 4.92. The third-order valence-electron chi connectivity index (χ3n) is 5.75. The lowest BCUT2D eigenvalue weighted by molar-refractivity contribution is 0.0529. The fraction of sp³-hybridized carbons (Fsp3) is 0.318. The number of pyridine rings is 1. The van der Waals surface area contributed by atoms with Crippen LogP contribution in [0, 0.1) is 5.92 Å². The molecule has 3 heterocycles. The van der Waals surface area contributed by atoms with E-state index in [0.29, 0.717) is 48.8 Å². The van der Waals surface area contributed by atoms with Gasteiger partial charge in [-0.3, -0.25) is 9.78 Å². The Morgan fingerprint density at radius 1 is 1.21 bits per heavy atom. The van der Waals surface area contributed by atoms with Gasteiger partial charge in [0, 0.05) is 42.0 Å². The largest absolute Gasteiger partial charge is 0.449 e. The molecule has 0 spiro atoms. The number of aromatic nitrogens is 1. The lowest BCUT2D eigenvalue weighted by Crippen LogP contribution is -2.23. The number of Topliss-reactive ketones (excluding diaryl/α,β-unsaturated/α-hetero) is 1. The Morgan fingerprint density at radius 3 is 2.90 bits per heavy atom. The number of aryl methyl sites for hydroxylation is 1. The quantitative estimate of drug-likeness (QED) is 0.391. The van der Waals surface area contributed by atoms with Gasteiger partial charge >= 0.3 is 0 Å². The average Bonchev–Trinajstić information content (AvgIpc) is 3.35. The molecule has 0 amide bonds. The van der Waals surface area contributed by atoms with Crippen molar-refractivity contribution in [1.82, 2.24) is 4.98 Å². The highest BCUT2D eigenvalue weighted by Gasteiger charge is 2.29. The highest BCUT2D eigenvalue weighted by Crippen LogP contribution is 2.36. The molecule has 0 radical (unpaired) electrons. The van der Waals surface area contributed by atoms with Gasteiger partial charge in [-0.1, -0.05) is 11.2 Å². The molecule has 148 valence electrons. The standard InChI is InChI=1S/C22H21N3O4/c26-21(13-6-9-28-10-7-13)22-20(17-5-8-23-12-19(17)29-22)24-15-2-3-16-14(11-15)1-4-18(16)25-27/h2-3,5,8,11-13,24,27H,1,4,6-7,9-10H2/b25-18+. The Bertz CT molecular complexity index is 1110. The zero-order valence-electron chi connectivity index (χ0n) is 15.9. The Morgan fingerprint density at radius 2 is 2.07 bits per heavy atom. The summed E-state index contributed by atoms with van der Waals surface area (Å²) >= 11 is 0. The molecular weight excluding hydrogens is 370 g/mol. The van der Waals surface area contributed by atoms with Crippen molar-refractivity contribution in [3.63, 3.8) is 0 Å². The van der Waals surface area contributed by atoms with Crippen LogP contribution in [0.2, 0.25) is 0 Å². The number of carbonyl (C=O) groups is 1. The highest BCUT2D eigenvalue weighted by atomic mass is 16.5. The molecule has 0 bridgehead atoms. The van der Waals surface area contributed by atoms with E-state index in [2.05, 4.69) is 15.5 Å². The second-order valence-corrected chi connectivity index (χ2v) is 7.47. The molecule has 2 N–H and O–H groups in total. The number of ketones is 1. The Balaban J connectivity index is 1.53. The fourth-order valence-corrected chi connectivity index (χ4v) is 4.19. The fourth-order valence-electron chi connectivity index (χ4n) is 4.19. The molecule has 29 heavy (non-hydrogen) atoms. The molecule has 2 aromatic heterocycles. The molecule has 1 fully saturated rings. The van der Waals surface area contributed by atoms with Gasteiger partial charge in [-0.2, -0.15) is 0 Å². The lowest BCUT2D eigenvalue weighted by atomic mass is 9.93. The number of furan rings is 1. The SMILES string of the molecule is O=C(c1oc2cnccc2c1Nc1ccc2c(c1)CC/C2=N\O)C1CCOCC1. The van der Waals surface area contributed by atoms with E-state index >= 15 is 0 Å². The number of rotatable bonds is 4. The van der Waals surface area contributed by atoms with E-state index in [9.17, 15) is 4.79 Å². The number of nitrogens with zero attached hydrogens (tertiary/aromatic N) is 2. The maximum absolute atomic E-state index is 13.2. The maximum Gasteiger partial charge on any atom is 0.203 e. The molecule has 2 aliphatic rings. The van der Waals surface area contributed by atoms with Crippen LogP contribution in [-0.4, -0.2) is 34.9 Å². The molecule has 5 rings (SSSR count). The van der Waals surface area contributed by atoms with Crippen LogP contribution in [0.25, 0.3) is 11.0 Å².